The van der Waals surface area contributed by atoms with Crippen LogP contribution in [0.15, 0.2) is 18.2 Å². The molecule has 0 bridgehead atoms. The third-order valence-corrected chi connectivity index (χ3v) is 3.85. The molecule has 0 saturated carbocycles. The Morgan fingerprint density at radius 3 is 2.90 bits per heavy atom. The van der Waals surface area contributed by atoms with Crippen molar-refractivity contribution in [2.75, 3.05) is 24.1 Å². The highest BCUT2D eigenvalue weighted by Gasteiger charge is 2.30. The Morgan fingerprint density at radius 1 is 1.48 bits per heavy atom. The zero-order chi connectivity index (χ0) is 15.4. The van der Waals surface area contributed by atoms with Crippen LogP contribution in [-0.2, 0) is 9.59 Å². The number of anilines is 2. The van der Waals surface area contributed by atoms with Crippen molar-refractivity contribution < 1.29 is 9.59 Å². The fourth-order valence-corrected chi connectivity index (χ4v) is 2.80. The summed E-state index contributed by atoms with van der Waals surface area (Å²) in [6, 6.07) is 5.35. The Bertz CT molecular complexity index is 542. The van der Waals surface area contributed by atoms with Crippen LogP contribution in [0.25, 0.3) is 0 Å². The predicted octanol–water partition coefficient (Wildman–Crippen LogP) is 2.16. The van der Waals surface area contributed by atoms with Crippen molar-refractivity contribution in [1.82, 2.24) is 4.90 Å². The lowest BCUT2D eigenvalue weighted by Crippen LogP contribution is -2.34. The molecule has 1 heterocycles. The van der Waals surface area contributed by atoms with Gasteiger partial charge in [0.1, 0.15) is 0 Å². The molecule has 1 saturated heterocycles. The molecule has 2 amide bonds. The molecule has 0 aromatic heterocycles. The minimum absolute atomic E-state index is 0.0811. The monoisotopic (exact) mass is 289 g/mol. The number of hydrogen-bond acceptors (Lipinski definition) is 3. The van der Waals surface area contributed by atoms with E-state index >= 15 is 0 Å². The number of aryl methyl sites for hydroxylation is 1. The number of nitrogen functional groups attached to an aromatic ring is 1. The van der Waals surface area contributed by atoms with E-state index in [1.807, 2.05) is 13.0 Å². The number of nitrogens with zero attached hydrogens (tertiary/aromatic N) is 1. The summed E-state index contributed by atoms with van der Waals surface area (Å²) >= 11 is 0. The first-order valence-corrected chi connectivity index (χ1v) is 7.43. The van der Waals surface area contributed by atoms with Gasteiger partial charge in [-0.05, 0) is 43.0 Å². The molecule has 0 spiro atoms. The van der Waals surface area contributed by atoms with Crippen LogP contribution >= 0.6 is 0 Å². The molecule has 1 atom stereocenters. The van der Waals surface area contributed by atoms with Gasteiger partial charge in [0.15, 0.2) is 0 Å². The zero-order valence-corrected chi connectivity index (χ0v) is 12.7. The minimum atomic E-state index is -0.159. The molecular formula is C16H23N3O2. The molecule has 114 valence electrons. The van der Waals surface area contributed by atoms with Gasteiger partial charge in [-0.15, -0.1) is 0 Å². The van der Waals surface area contributed by atoms with Gasteiger partial charge in [0.25, 0.3) is 0 Å². The Balaban J connectivity index is 1.91. The Hall–Kier alpha value is -2.04. The van der Waals surface area contributed by atoms with Gasteiger partial charge in [0, 0.05) is 24.3 Å². The first-order chi connectivity index (χ1) is 9.99. The SMILES string of the molecule is CCCC1CC(=O)N(CC(=O)Nc2ccc(N)cc2C)C1. The third kappa shape index (κ3) is 3.97. The molecule has 1 unspecified atom stereocenters. The molecule has 1 aromatic rings. The third-order valence-electron chi connectivity index (χ3n) is 3.85. The van der Waals surface area contributed by atoms with E-state index in [-0.39, 0.29) is 18.4 Å². The van der Waals surface area contributed by atoms with Crippen LogP contribution < -0.4 is 11.1 Å². The van der Waals surface area contributed by atoms with E-state index in [1.165, 1.54) is 0 Å². The van der Waals surface area contributed by atoms with Crippen molar-refractivity contribution >= 4 is 23.2 Å². The quantitative estimate of drug-likeness (QED) is 0.816. The zero-order valence-electron chi connectivity index (χ0n) is 12.7. The highest BCUT2D eigenvalue weighted by atomic mass is 16.2. The van der Waals surface area contributed by atoms with E-state index in [4.69, 9.17) is 5.73 Å². The smallest absolute Gasteiger partial charge is 0.244 e. The standard InChI is InChI=1S/C16H23N3O2/c1-3-4-12-8-16(21)19(9-12)10-15(20)18-14-6-5-13(17)7-11(14)2/h5-7,12H,3-4,8-10,17H2,1-2H3,(H,18,20). The fourth-order valence-electron chi connectivity index (χ4n) is 2.80. The number of likely N-dealkylation sites (tertiary alicyclic amines) is 1. The second kappa shape index (κ2) is 6.61. The number of rotatable bonds is 5. The van der Waals surface area contributed by atoms with Gasteiger partial charge in [-0.25, -0.2) is 0 Å². The fraction of sp³-hybridized carbons (Fsp3) is 0.500. The lowest BCUT2D eigenvalue weighted by molar-refractivity contribution is -0.131. The average molecular weight is 289 g/mol. The topological polar surface area (TPSA) is 75.4 Å². The van der Waals surface area contributed by atoms with Gasteiger partial charge in [0.2, 0.25) is 11.8 Å². The summed E-state index contributed by atoms with van der Waals surface area (Å²) < 4.78 is 0. The summed E-state index contributed by atoms with van der Waals surface area (Å²) in [7, 11) is 0. The lowest BCUT2D eigenvalue weighted by atomic mass is 10.0. The van der Waals surface area contributed by atoms with E-state index in [0.717, 1.165) is 24.1 Å². The van der Waals surface area contributed by atoms with Crippen LogP contribution in [0, 0.1) is 12.8 Å². The highest BCUT2D eigenvalue weighted by molar-refractivity contribution is 5.95. The molecule has 3 N–H and O–H groups in total. The molecule has 5 heteroatoms. The van der Waals surface area contributed by atoms with E-state index < -0.39 is 0 Å². The van der Waals surface area contributed by atoms with Crippen molar-refractivity contribution in [3.8, 4) is 0 Å². The second-order valence-corrected chi connectivity index (χ2v) is 5.76. The molecule has 1 aliphatic rings. The van der Waals surface area contributed by atoms with Crippen molar-refractivity contribution in [3.05, 3.63) is 23.8 Å². The molecule has 1 aromatic carbocycles. The number of hydrogen-bond donors (Lipinski definition) is 2. The number of nitrogens with one attached hydrogen (secondary N) is 1. The van der Waals surface area contributed by atoms with Gasteiger partial charge >= 0.3 is 0 Å². The Labute approximate surface area is 125 Å². The van der Waals surface area contributed by atoms with E-state index in [9.17, 15) is 9.59 Å². The predicted molar refractivity (Wildman–Crippen MR) is 83.8 cm³/mol. The van der Waals surface area contributed by atoms with Crippen molar-refractivity contribution in [2.45, 2.75) is 33.1 Å². The number of benzene rings is 1. The molecule has 0 radical (unpaired) electrons. The van der Waals surface area contributed by atoms with E-state index in [1.54, 1.807) is 17.0 Å². The van der Waals surface area contributed by atoms with Crippen LogP contribution in [0.3, 0.4) is 0 Å². The largest absolute Gasteiger partial charge is 0.399 e. The molecule has 1 aliphatic heterocycles. The van der Waals surface area contributed by atoms with Gasteiger partial charge in [-0.2, -0.15) is 0 Å². The van der Waals surface area contributed by atoms with E-state index in [2.05, 4.69) is 12.2 Å². The van der Waals surface area contributed by atoms with Crippen LogP contribution in [0.4, 0.5) is 11.4 Å². The van der Waals surface area contributed by atoms with Crippen molar-refractivity contribution in [2.24, 2.45) is 5.92 Å². The summed E-state index contributed by atoms with van der Waals surface area (Å²) in [5.41, 5.74) is 8.01. The van der Waals surface area contributed by atoms with Crippen LogP contribution in [0.2, 0.25) is 0 Å². The molecular weight excluding hydrogens is 266 g/mol. The molecule has 2 rings (SSSR count). The Kier molecular flexibility index (Phi) is 4.83. The minimum Gasteiger partial charge on any atom is -0.399 e. The van der Waals surface area contributed by atoms with Gasteiger partial charge in [-0.3, -0.25) is 9.59 Å². The normalized spacial score (nSPS) is 18.1. The van der Waals surface area contributed by atoms with Gasteiger partial charge in [0.05, 0.1) is 6.54 Å². The second-order valence-electron chi connectivity index (χ2n) is 5.76. The number of carbonyl (C=O) groups excluding carboxylic acids is 2. The first-order valence-electron chi connectivity index (χ1n) is 7.43. The molecule has 1 fully saturated rings. The maximum Gasteiger partial charge on any atom is 0.244 e. The van der Waals surface area contributed by atoms with Gasteiger partial charge < -0.3 is 16.0 Å². The average Bonchev–Trinajstić information content (AvgIpc) is 2.74. The molecule has 0 aliphatic carbocycles. The Morgan fingerprint density at radius 2 is 2.24 bits per heavy atom. The highest BCUT2D eigenvalue weighted by Crippen LogP contribution is 2.22. The number of nitrogens with two attached hydrogens (primary N) is 1. The van der Waals surface area contributed by atoms with Crippen molar-refractivity contribution in [3.63, 3.8) is 0 Å². The number of carbonyl (C=O) groups is 2. The summed E-state index contributed by atoms with van der Waals surface area (Å²) in [4.78, 5) is 25.6. The summed E-state index contributed by atoms with van der Waals surface area (Å²) in [6.45, 7) is 4.83. The van der Waals surface area contributed by atoms with Crippen LogP contribution in [-0.4, -0.2) is 29.8 Å². The summed E-state index contributed by atoms with van der Waals surface area (Å²) in [5.74, 6) is 0.319. The molecule has 5 nitrogen and oxygen atoms in total. The van der Waals surface area contributed by atoms with Crippen LogP contribution in [0.5, 0.6) is 0 Å². The van der Waals surface area contributed by atoms with E-state index in [0.29, 0.717) is 24.6 Å². The van der Waals surface area contributed by atoms with Crippen LogP contribution in [0.1, 0.15) is 31.7 Å². The maximum absolute atomic E-state index is 12.1. The first kappa shape index (κ1) is 15.4. The maximum atomic E-state index is 12.1. The lowest BCUT2D eigenvalue weighted by Gasteiger charge is -2.17. The summed E-state index contributed by atoms with van der Waals surface area (Å²) in [6.07, 6.45) is 2.69. The molecule has 21 heavy (non-hydrogen) atoms. The van der Waals surface area contributed by atoms with Crippen molar-refractivity contribution in [1.29, 1.82) is 0 Å². The number of amides is 2. The summed E-state index contributed by atoms with van der Waals surface area (Å²) in [5, 5.41) is 2.84. The van der Waals surface area contributed by atoms with Gasteiger partial charge in [-0.1, -0.05) is 13.3 Å².